The predicted molar refractivity (Wildman–Crippen MR) is 120 cm³/mol. The lowest BCUT2D eigenvalue weighted by Crippen LogP contribution is -2.32. The quantitative estimate of drug-likeness (QED) is 0.388. The molecular formula is C21H21N5O5S. The Morgan fingerprint density at radius 3 is 2.50 bits per heavy atom. The fourth-order valence-electron chi connectivity index (χ4n) is 2.92. The molecule has 0 unspecified atom stereocenters. The van der Waals surface area contributed by atoms with E-state index in [4.69, 9.17) is 16.2 Å². The largest absolute Gasteiger partial charge is 0.491 e. The molecule has 0 fully saturated rings. The summed E-state index contributed by atoms with van der Waals surface area (Å²) in [4.78, 5) is 40.4. The normalized spacial score (nSPS) is 10.4. The van der Waals surface area contributed by atoms with Crippen LogP contribution in [0.5, 0.6) is 5.75 Å². The molecule has 2 heterocycles. The number of carbonyl (C=O) groups is 3. The Balaban J connectivity index is 1.75. The summed E-state index contributed by atoms with van der Waals surface area (Å²) in [5, 5.41) is 12.1. The van der Waals surface area contributed by atoms with Crippen molar-refractivity contribution >= 4 is 34.4 Å². The molecule has 0 saturated carbocycles. The average Bonchev–Trinajstić information content (AvgIpc) is 3.17. The number of ether oxygens (including phenoxy) is 1. The van der Waals surface area contributed by atoms with Crippen LogP contribution in [-0.2, 0) is 6.54 Å². The van der Waals surface area contributed by atoms with Gasteiger partial charge in [-0.3, -0.25) is 15.1 Å². The Morgan fingerprint density at radius 1 is 1.12 bits per heavy atom. The van der Waals surface area contributed by atoms with E-state index in [9.17, 15) is 19.5 Å². The molecule has 0 aliphatic carbocycles. The number of thiophene rings is 1. The summed E-state index contributed by atoms with van der Waals surface area (Å²) < 4.78 is 5.86. The molecule has 0 saturated heterocycles. The number of hydrogen-bond acceptors (Lipinski definition) is 6. The number of urea groups is 1. The number of amides is 4. The summed E-state index contributed by atoms with van der Waals surface area (Å²) in [7, 11) is 0. The molecule has 11 heteroatoms. The van der Waals surface area contributed by atoms with E-state index in [1.165, 1.54) is 4.90 Å². The van der Waals surface area contributed by atoms with Gasteiger partial charge in [0.1, 0.15) is 17.4 Å². The van der Waals surface area contributed by atoms with Gasteiger partial charge in [0, 0.05) is 29.4 Å². The second-order valence-corrected chi connectivity index (χ2v) is 7.66. The number of hydrogen-bond donors (Lipinski definition) is 4. The van der Waals surface area contributed by atoms with Crippen molar-refractivity contribution in [3.63, 3.8) is 0 Å². The van der Waals surface area contributed by atoms with Crippen LogP contribution in [0.3, 0.4) is 0 Å². The third-order valence-corrected chi connectivity index (χ3v) is 5.48. The summed E-state index contributed by atoms with van der Waals surface area (Å²) >= 11 is 1.13. The van der Waals surface area contributed by atoms with Crippen molar-refractivity contribution in [3.05, 3.63) is 66.0 Å². The fraction of sp³-hybridized carbons (Fsp3) is 0.143. The van der Waals surface area contributed by atoms with Crippen molar-refractivity contribution in [2.24, 2.45) is 11.5 Å². The van der Waals surface area contributed by atoms with Crippen LogP contribution in [0, 0.1) is 0 Å². The number of benzene rings is 1. The number of aromatic nitrogens is 1. The number of anilines is 1. The molecular weight excluding hydrogens is 434 g/mol. The van der Waals surface area contributed by atoms with E-state index >= 15 is 0 Å². The van der Waals surface area contributed by atoms with Gasteiger partial charge in [-0.05, 0) is 35.9 Å². The number of primary amides is 2. The van der Waals surface area contributed by atoms with E-state index in [2.05, 4.69) is 10.3 Å². The first-order valence-corrected chi connectivity index (χ1v) is 10.3. The van der Waals surface area contributed by atoms with Crippen LogP contribution in [0.25, 0.3) is 10.4 Å². The number of carboxylic acid groups (broad SMARTS) is 1. The molecule has 10 nitrogen and oxygen atoms in total. The highest BCUT2D eigenvalue weighted by Gasteiger charge is 2.18. The monoisotopic (exact) mass is 455 g/mol. The molecule has 2 aromatic heterocycles. The van der Waals surface area contributed by atoms with Gasteiger partial charge in [-0.1, -0.05) is 12.1 Å². The van der Waals surface area contributed by atoms with Gasteiger partial charge in [0.25, 0.3) is 5.91 Å². The van der Waals surface area contributed by atoms with Crippen LogP contribution in [0.1, 0.15) is 15.9 Å². The van der Waals surface area contributed by atoms with Crippen LogP contribution in [0.4, 0.5) is 14.6 Å². The summed E-state index contributed by atoms with van der Waals surface area (Å²) in [6.45, 7) is 0.449. The highest BCUT2D eigenvalue weighted by molar-refractivity contribution is 7.20. The smallest absolute Gasteiger partial charge is 0.407 e. The Labute approximate surface area is 187 Å². The molecule has 166 valence electrons. The highest BCUT2D eigenvalue weighted by Crippen LogP contribution is 2.39. The van der Waals surface area contributed by atoms with Crippen molar-refractivity contribution < 1.29 is 24.2 Å². The fourth-order valence-corrected chi connectivity index (χ4v) is 4.02. The zero-order chi connectivity index (χ0) is 23.1. The minimum Gasteiger partial charge on any atom is -0.491 e. The van der Waals surface area contributed by atoms with Gasteiger partial charge in [0.15, 0.2) is 0 Å². The van der Waals surface area contributed by atoms with Crippen LogP contribution in [-0.4, -0.2) is 46.2 Å². The lowest BCUT2D eigenvalue weighted by atomic mass is 10.1. The third-order valence-electron chi connectivity index (χ3n) is 4.40. The van der Waals surface area contributed by atoms with Crippen molar-refractivity contribution in [1.82, 2.24) is 9.88 Å². The maximum Gasteiger partial charge on any atom is 0.407 e. The highest BCUT2D eigenvalue weighted by atomic mass is 32.1. The first-order valence-electron chi connectivity index (χ1n) is 9.44. The maximum absolute atomic E-state index is 11.7. The summed E-state index contributed by atoms with van der Waals surface area (Å²) in [6.07, 6.45) is 2.14. The topological polar surface area (TPSA) is 161 Å². The minimum atomic E-state index is -1.06. The second kappa shape index (κ2) is 10.3. The van der Waals surface area contributed by atoms with Gasteiger partial charge < -0.3 is 26.2 Å². The number of nitrogens with two attached hydrogens (primary N) is 2. The number of pyridine rings is 1. The van der Waals surface area contributed by atoms with Gasteiger partial charge in [0.05, 0.1) is 12.1 Å². The number of para-hydroxylation sites is 1. The third kappa shape index (κ3) is 5.73. The molecule has 32 heavy (non-hydrogen) atoms. The van der Waals surface area contributed by atoms with E-state index in [0.717, 1.165) is 16.9 Å². The second-order valence-electron chi connectivity index (χ2n) is 6.61. The summed E-state index contributed by atoms with van der Waals surface area (Å²) in [5.74, 6) is -0.215. The molecule has 3 rings (SSSR count). The van der Waals surface area contributed by atoms with Crippen molar-refractivity contribution in [1.29, 1.82) is 0 Å². The first kappa shape index (κ1) is 22.6. The molecule has 4 amide bonds. The Hall–Kier alpha value is -4.12. The molecule has 1 aromatic carbocycles. The van der Waals surface area contributed by atoms with Crippen LogP contribution in [0.2, 0.25) is 0 Å². The molecule has 0 aliphatic heterocycles. The Morgan fingerprint density at radius 2 is 1.84 bits per heavy atom. The standard InChI is InChI=1S/C21H21N5O5S/c22-18(27)15-11-17(32-19(15)25-20(23)28)14-3-1-2-4-16(14)31-10-9-26(21(29)30)12-13-5-7-24-8-6-13/h1-8,11H,9-10,12H2,(H2,22,27)(H,29,30)(H3,23,25,28). The van der Waals surface area contributed by atoms with E-state index < -0.39 is 18.0 Å². The number of rotatable bonds is 9. The van der Waals surface area contributed by atoms with Gasteiger partial charge >= 0.3 is 12.1 Å². The molecule has 0 spiro atoms. The zero-order valence-electron chi connectivity index (χ0n) is 16.9. The van der Waals surface area contributed by atoms with Gasteiger partial charge in [-0.15, -0.1) is 11.3 Å². The molecule has 3 aromatic rings. The maximum atomic E-state index is 11.7. The zero-order valence-corrected chi connectivity index (χ0v) is 17.7. The van der Waals surface area contributed by atoms with E-state index in [-0.39, 0.29) is 30.3 Å². The van der Waals surface area contributed by atoms with Crippen LogP contribution >= 0.6 is 11.3 Å². The summed E-state index contributed by atoms with van der Waals surface area (Å²) in [6, 6.07) is 11.3. The minimum absolute atomic E-state index is 0.106. The molecule has 0 aliphatic rings. The molecule has 0 atom stereocenters. The SMILES string of the molecule is NC(=O)Nc1sc(-c2ccccc2OCCN(Cc2ccncc2)C(=O)O)cc1C(N)=O. The van der Waals surface area contributed by atoms with Gasteiger partial charge in [0.2, 0.25) is 0 Å². The number of carbonyl (C=O) groups excluding carboxylic acids is 2. The predicted octanol–water partition coefficient (Wildman–Crippen LogP) is 2.96. The Kier molecular flexibility index (Phi) is 7.24. The first-order chi connectivity index (χ1) is 15.3. The van der Waals surface area contributed by atoms with Gasteiger partial charge in [-0.2, -0.15) is 0 Å². The van der Waals surface area contributed by atoms with Crippen molar-refractivity contribution in [2.45, 2.75) is 6.54 Å². The van der Waals surface area contributed by atoms with Gasteiger partial charge in [-0.25, -0.2) is 9.59 Å². The number of nitrogens with zero attached hydrogens (tertiary/aromatic N) is 2. The van der Waals surface area contributed by atoms with Crippen LogP contribution < -0.4 is 21.5 Å². The summed E-state index contributed by atoms with van der Waals surface area (Å²) in [5.41, 5.74) is 12.2. The average molecular weight is 455 g/mol. The lowest BCUT2D eigenvalue weighted by molar-refractivity contribution is 0.100. The van der Waals surface area contributed by atoms with E-state index in [0.29, 0.717) is 16.2 Å². The molecule has 0 radical (unpaired) electrons. The Bertz CT molecular complexity index is 1120. The molecule has 0 bridgehead atoms. The van der Waals surface area contributed by atoms with E-state index in [1.807, 2.05) is 0 Å². The van der Waals surface area contributed by atoms with Crippen LogP contribution in [0.15, 0.2) is 54.9 Å². The van der Waals surface area contributed by atoms with E-state index in [1.54, 1.807) is 54.9 Å². The number of nitrogens with one attached hydrogen (secondary N) is 1. The molecule has 6 N–H and O–H groups in total. The lowest BCUT2D eigenvalue weighted by Gasteiger charge is -2.20. The van der Waals surface area contributed by atoms with Crippen molar-refractivity contribution in [3.8, 4) is 16.2 Å². The van der Waals surface area contributed by atoms with Crippen molar-refractivity contribution in [2.75, 3.05) is 18.5 Å².